The fourth-order valence-corrected chi connectivity index (χ4v) is 3.77. The van der Waals surface area contributed by atoms with E-state index in [0.717, 1.165) is 30.0 Å². The standard InChI is InChI=1S/C12H14N2O2S2/c15-10-9-4-6-17-11(9)14-12(13-10)18-7-8-3-1-2-5-16-8/h4,6,8H,1-3,5,7H2,(H,13,14,15)/t8-/m1/s1. The van der Waals surface area contributed by atoms with Crippen LogP contribution >= 0.6 is 23.1 Å². The van der Waals surface area contributed by atoms with Crippen LogP contribution in [-0.2, 0) is 4.74 Å². The van der Waals surface area contributed by atoms with Crippen LogP contribution in [0.5, 0.6) is 0 Å². The number of nitrogens with zero attached hydrogens (tertiary/aromatic N) is 1. The topological polar surface area (TPSA) is 55.0 Å². The summed E-state index contributed by atoms with van der Waals surface area (Å²) in [6.07, 6.45) is 3.81. The van der Waals surface area contributed by atoms with Crippen LogP contribution in [0.4, 0.5) is 0 Å². The fraction of sp³-hybridized carbons (Fsp3) is 0.500. The van der Waals surface area contributed by atoms with Crippen molar-refractivity contribution in [2.45, 2.75) is 30.5 Å². The minimum Gasteiger partial charge on any atom is -0.377 e. The van der Waals surface area contributed by atoms with Crippen LogP contribution in [0.25, 0.3) is 10.2 Å². The van der Waals surface area contributed by atoms with E-state index < -0.39 is 0 Å². The summed E-state index contributed by atoms with van der Waals surface area (Å²) in [6.45, 7) is 0.860. The predicted octanol–water partition coefficient (Wildman–Crippen LogP) is 2.65. The maximum Gasteiger partial charge on any atom is 0.260 e. The first-order chi connectivity index (χ1) is 8.83. The van der Waals surface area contributed by atoms with E-state index in [1.54, 1.807) is 11.8 Å². The Balaban J connectivity index is 1.72. The van der Waals surface area contributed by atoms with Gasteiger partial charge in [-0.2, -0.15) is 0 Å². The third-order valence-electron chi connectivity index (χ3n) is 2.99. The Kier molecular flexibility index (Phi) is 3.67. The Bertz CT molecular complexity index is 587. The molecule has 0 unspecified atom stereocenters. The number of nitrogens with one attached hydrogen (secondary N) is 1. The summed E-state index contributed by atoms with van der Waals surface area (Å²) in [5, 5.41) is 3.27. The number of hydrogen-bond donors (Lipinski definition) is 1. The van der Waals surface area contributed by atoms with Crippen LogP contribution < -0.4 is 5.56 Å². The highest BCUT2D eigenvalue weighted by atomic mass is 32.2. The van der Waals surface area contributed by atoms with Gasteiger partial charge in [-0.3, -0.25) is 4.79 Å². The number of aromatic nitrogens is 2. The molecule has 0 saturated carbocycles. The molecule has 6 heteroatoms. The number of hydrogen-bond acceptors (Lipinski definition) is 5. The second-order valence-corrected chi connectivity index (χ2v) is 6.21. The van der Waals surface area contributed by atoms with Crippen molar-refractivity contribution in [1.29, 1.82) is 0 Å². The van der Waals surface area contributed by atoms with Gasteiger partial charge in [-0.25, -0.2) is 4.98 Å². The number of thiophene rings is 1. The van der Waals surface area contributed by atoms with Crippen LogP contribution in [0.1, 0.15) is 19.3 Å². The minimum atomic E-state index is -0.0479. The number of rotatable bonds is 3. The monoisotopic (exact) mass is 282 g/mol. The van der Waals surface area contributed by atoms with Gasteiger partial charge in [0.25, 0.3) is 5.56 Å². The van der Waals surface area contributed by atoms with E-state index in [1.165, 1.54) is 17.8 Å². The summed E-state index contributed by atoms with van der Waals surface area (Å²) in [7, 11) is 0. The Hall–Kier alpha value is -0.850. The number of ether oxygens (including phenoxy) is 1. The molecule has 1 atom stereocenters. The number of thioether (sulfide) groups is 1. The molecule has 0 bridgehead atoms. The average Bonchev–Trinajstić information content (AvgIpc) is 2.86. The van der Waals surface area contributed by atoms with E-state index >= 15 is 0 Å². The van der Waals surface area contributed by atoms with Gasteiger partial charge >= 0.3 is 0 Å². The van der Waals surface area contributed by atoms with Crippen molar-refractivity contribution in [3.05, 3.63) is 21.8 Å². The second-order valence-electron chi connectivity index (χ2n) is 4.31. The lowest BCUT2D eigenvalue weighted by Gasteiger charge is -2.21. The van der Waals surface area contributed by atoms with E-state index in [-0.39, 0.29) is 5.56 Å². The van der Waals surface area contributed by atoms with Gasteiger partial charge in [-0.1, -0.05) is 11.8 Å². The van der Waals surface area contributed by atoms with Crippen molar-refractivity contribution in [1.82, 2.24) is 9.97 Å². The van der Waals surface area contributed by atoms with Gasteiger partial charge in [-0.15, -0.1) is 11.3 Å². The largest absolute Gasteiger partial charge is 0.377 e. The SMILES string of the molecule is O=c1[nH]c(SC[C@H]2CCCCO2)nc2sccc12. The van der Waals surface area contributed by atoms with Crippen molar-refractivity contribution in [3.63, 3.8) is 0 Å². The highest BCUT2D eigenvalue weighted by molar-refractivity contribution is 7.99. The zero-order valence-corrected chi connectivity index (χ0v) is 11.5. The lowest BCUT2D eigenvalue weighted by molar-refractivity contribution is 0.0315. The van der Waals surface area contributed by atoms with Crippen molar-refractivity contribution >= 4 is 33.3 Å². The van der Waals surface area contributed by atoms with Crippen molar-refractivity contribution in [3.8, 4) is 0 Å². The predicted molar refractivity (Wildman–Crippen MR) is 74.6 cm³/mol. The summed E-state index contributed by atoms with van der Waals surface area (Å²) >= 11 is 3.08. The molecule has 0 radical (unpaired) electrons. The molecular weight excluding hydrogens is 268 g/mol. The van der Waals surface area contributed by atoms with Crippen LogP contribution in [0, 0.1) is 0 Å². The Morgan fingerprint density at radius 3 is 3.33 bits per heavy atom. The summed E-state index contributed by atoms with van der Waals surface area (Å²) in [6, 6.07) is 1.81. The zero-order valence-electron chi connectivity index (χ0n) is 9.85. The molecule has 0 aliphatic carbocycles. The first kappa shape index (κ1) is 12.2. The molecule has 1 aliphatic heterocycles. The zero-order chi connectivity index (χ0) is 12.4. The van der Waals surface area contributed by atoms with Gasteiger partial charge in [-0.05, 0) is 30.7 Å². The molecule has 1 N–H and O–H groups in total. The van der Waals surface area contributed by atoms with Gasteiger partial charge < -0.3 is 9.72 Å². The van der Waals surface area contributed by atoms with Gasteiger partial charge in [0.15, 0.2) is 5.16 Å². The van der Waals surface area contributed by atoms with E-state index in [4.69, 9.17) is 4.74 Å². The summed E-state index contributed by atoms with van der Waals surface area (Å²) in [5.41, 5.74) is -0.0479. The van der Waals surface area contributed by atoms with E-state index in [1.807, 2.05) is 11.4 Å². The smallest absolute Gasteiger partial charge is 0.260 e. The van der Waals surface area contributed by atoms with Gasteiger partial charge in [0.1, 0.15) is 4.83 Å². The molecule has 0 amide bonds. The van der Waals surface area contributed by atoms with Crippen molar-refractivity contribution in [2.75, 3.05) is 12.4 Å². The van der Waals surface area contributed by atoms with Gasteiger partial charge in [0, 0.05) is 12.4 Å². The lowest BCUT2D eigenvalue weighted by Crippen LogP contribution is -2.21. The van der Waals surface area contributed by atoms with Crippen LogP contribution in [0.2, 0.25) is 0 Å². The Morgan fingerprint density at radius 2 is 2.50 bits per heavy atom. The van der Waals surface area contributed by atoms with E-state index in [9.17, 15) is 4.79 Å². The van der Waals surface area contributed by atoms with Gasteiger partial charge in [0.2, 0.25) is 0 Å². The van der Waals surface area contributed by atoms with Crippen LogP contribution in [0.15, 0.2) is 21.4 Å². The molecule has 18 heavy (non-hydrogen) atoms. The summed E-state index contributed by atoms with van der Waals surface area (Å²) < 4.78 is 5.66. The number of H-pyrrole nitrogens is 1. The van der Waals surface area contributed by atoms with Gasteiger partial charge in [0.05, 0.1) is 11.5 Å². The fourth-order valence-electron chi connectivity index (χ4n) is 2.02. The molecule has 2 aromatic heterocycles. The molecule has 96 valence electrons. The summed E-state index contributed by atoms with van der Waals surface area (Å²) in [4.78, 5) is 19.9. The molecule has 3 heterocycles. The Labute approximate surface area is 113 Å². The molecule has 1 fully saturated rings. The Morgan fingerprint density at radius 1 is 1.56 bits per heavy atom. The maximum atomic E-state index is 11.8. The molecule has 4 nitrogen and oxygen atoms in total. The highest BCUT2D eigenvalue weighted by Gasteiger charge is 2.15. The van der Waals surface area contributed by atoms with Crippen molar-refractivity contribution < 1.29 is 4.74 Å². The normalized spacial score (nSPS) is 20.3. The average molecular weight is 282 g/mol. The first-order valence-corrected chi connectivity index (χ1v) is 7.91. The quantitative estimate of drug-likeness (QED) is 0.694. The van der Waals surface area contributed by atoms with Crippen LogP contribution in [-0.4, -0.2) is 28.4 Å². The minimum absolute atomic E-state index is 0.0479. The molecular formula is C12H14N2O2S2. The number of fused-ring (bicyclic) bond motifs is 1. The molecule has 1 aliphatic rings. The van der Waals surface area contributed by atoms with Crippen LogP contribution in [0.3, 0.4) is 0 Å². The molecule has 3 rings (SSSR count). The molecule has 0 aromatic carbocycles. The van der Waals surface area contributed by atoms with E-state index in [2.05, 4.69) is 9.97 Å². The highest BCUT2D eigenvalue weighted by Crippen LogP contribution is 2.22. The van der Waals surface area contributed by atoms with Crippen molar-refractivity contribution in [2.24, 2.45) is 0 Å². The first-order valence-electron chi connectivity index (χ1n) is 6.05. The maximum absolute atomic E-state index is 11.8. The third kappa shape index (κ3) is 2.60. The summed E-state index contributed by atoms with van der Waals surface area (Å²) in [5.74, 6) is 0.861. The molecule has 1 saturated heterocycles. The third-order valence-corrected chi connectivity index (χ3v) is 4.80. The number of aromatic amines is 1. The lowest BCUT2D eigenvalue weighted by atomic mass is 10.1. The molecule has 0 spiro atoms. The van der Waals surface area contributed by atoms with E-state index in [0.29, 0.717) is 16.6 Å². The second kappa shape index (κ2) is 5.42. The molecule has 2 aromatic rings.